The summed E-state index contributed by atoms with van der Waals surface area (Å²) in [6.07, 6.45) is 1.11. The summed E-state index contributed by atoms with van der Waals surface area (Å²) in [4.78, 5) is 24.0. The Morgan fingerprint density at radius 2 is 1.77 bits per heavy atom. The van der Waals surface area contributed by atoms with Gasteiger partial charge in [-0.05, 0) is 47.8 Å². The molecule has 1 aromatic carbocycles. The second kappa shape index (κ2) is 7.00. The fourth-order valence-corrected chi connectivity index (χ4v) is 2.37. The fourth-order valence-electron chi connectivity index (χ4n) is 1.82. The first-order valence-corrected chi connectivity index (χ1v) is 7.68. The van der Waals surface area contributed by atoms with E-state index in [1.54, 1.807) is 6.92 Å². The lowest BCUT2D eigenvalue weighted by Crippen LogP contribution is -2.37. The molecule has 0 aliphatic heterocycles. The average molecular weight is 372 g/mol. The van der Waals surface area contributed by atoms with E-state index in [0.29, 0.717) is 16.0 Å². The van der Waals surface area contributed by atoms with Gasteiger partial charge < -0.3 is 19.5 Å². The molecule has 1 unspecified atom stereocenters. The molecule has 0 radical (unpaired) electrons. The summed E-state index contributed by atoms with van der Waals surface area (Å²) in [5.74, 6) is -0.00258. The predicted octanol–water partition coefficient (Wildman–Crippen LogP) is 2.29. The lowest BCUT2D eigenvalue weighted by molar-refractivity contribution is -0.129. The van der Waals surface area contributed by atoms with E-state index in [4.69, 9.17) is 14.2 Å². The van der Waals surface area contributed by atoms with E-state index in [2.05, 4.69) is 21.2 Å². The Hall–Kier alpha value is -1.76. The summed E-state index contributed by atoms with van der Waals surface area (Å²) in [7, 11) is 2.97. The fraction of sp³-hybridized carbons (Fsp3) is 0.467. The van der Waals surface area contributed by atoms with Crippen LogP contribution in [0.25, 0.3) is 0 Å². The number of amides is 1. The van der Waals surface area contributed by atoms with Gasteiger partial charge in [-0.3, -0.25) is 4.79 Å². The number of rotatable bonds is 6. The Morgan fingerprint density at radius 3 is 2.23 bits per heavy atom. The lowest BCUT2D eigenvalue weighted by Gasteiger charge is -2.15. The van der Waals surface area contributed by atoms with Crippen LogP contribution in [0.3, 0.4) is 0 Å². The van der Waals surface area contributed by atoms with Crippen molar-refractivity contribution in [2.75, 3.05) is 14.2 Å². The largest absolute Gasteiger partial charge is 0.495 e. The molecule has 1 atom stereocenters. The Balaban J connectivity index is 2.09. The molecule has 1 fully saturated rings. The first-order chi connectivity index (χ1) is 10.5. The maximum atomic E-state index is 12.2. The third kappa shape index (κ3) is 3.91. The summed E-state index contributed by atoms with van der Waals surface area (Å²) in [6.45, 7) is 1.54. The third-order valence-electron chi connectivity index (χ3n) is 3.26. The summed E-state index contributed by atoms with van der Waals surface area (Å²) >= 11 is 3.33. The van der Waals surface area contributed by atoms with Crippen LogP contribution < -0.4 is 14.8 Å². The molecule has 0 bridgehead atoms. The molecule has 6 nitrogen and oxygen atoms in total. The molecule has 1 saturated carbocycles. The number of benzene rings is 1. The van der Waals surface area contributed by atoms with E-state index >= 15 is 0 Å². The summed E-state index contributed by atoms with van der Waals surface area (Å²) in [6, 6.07) is 3.28. The molecule has 120 valence electrons. The second-order valence-corrected chi connectivity index (χ2v) is 5.82. The minimum atomic E-state index is -0.853. The number of nitrogens with one attached hydrogen (secondary N) is 1. The van der Waals surface area contributed by atoms with Gasteiger partial charge in [0.2, 0.25) is 0 Å². The molecule has 7 heteroatoms. The normalized spacial score (nSPS) is 14.9. The molecule has 1 N–H and O–H groups in total. The van der Waals surface area contributed by atoms with Crippen LogP contribution in [0.4, 0.5) is 0 Å². The van der Waals surface area contributed by atoms with Crippen LogP contribution in [-0.2, 0) is 9.53 Å². The Labute approximate surface area is 137 Å². The van der Waals surface area contributed by atoms with Gasteiger partial charge in [-0.15, -0.1) is 0 Å². The number of esters is 1. The smallest absolute Gasteiger partial charge is 0.339 e. The first-order valence-electron chi connectivity index (χ1n) is 6.89. The summed E-state index contributed by atoms with van der Waals surface area (Å²) in [5.41, 5.74) is 0.253. The maximum Gasteiger partial charge on any atom is 0.339 e. The van der Waals surface area contributed by atoms with Gasteiger partial charge in [-0.2, -0.15) is 0 Å². The molecule has 0 saturated heterocycles. The van der Waals surface area contributed by atoms with Crippen molar-refractivity contribution in [2.24, 2.45) is 0 Å². The maximum absolute atomic E-state index is 12.2. The second-order valence-electron chi connectivity index (χ2n) is 5.03. The molecule has 1 aliphatic rings. The van der Waals surface area contributed by atoms with Gasteiger partial charge in [0.05, 0.1) is 19.8 Å². The number of hydrogen-bond donors (Lipinski definition) is 1. The van der Waals surface area contributed by atoms with Crippen molar-refractivity contribution in [3.8, 4) is 11.5 Å². The minimum absolute atomic E-state index is 0.224. The number of hydrogen-bond acceptors (Lipinski definition) is 5. The van der Waals surface area contributed by atoms with Gasteiger partial charge in [0.15, 0.2) is 6.10 Å². The van der Waals surface area contributed by atoms with Crippen molar-refractivity contribution >= 4 is 27.8 Å². The van der Waals surface area contributed by atoms with E-state index in [-0.39, 0.29) is 17.5 Å². The molecule has 2 rings (SSSR count). The van der Waals surface area contributed by atoms with Crippen LogP contribution in [0, 0.1) is 0 Å². The zero-order valence-electron chi connectivity index (χ0n) is 12.6. The van der Waals surface area contributed by atoms with Gasteiger partial charge in [-0.25, -0.2) is 4.79 Å². The SMILES string of the molecule is COc1cc(C(=O)OC(C)C(=O)NC2CC2)cc(OC)c1Br. The Morgan fingerprint density at radius 1 is 1.23 bits per heavy atom. The van der Waals surface area contributed by atoms with Gasteiger partial charge >= 0.3 is 5.97 Å². The average Bonchev–Trinajstić information content (AvgIpc) is 3.31. The molecular weight excluding hydrogens is 354 g/mol. The summed E-state index contributed by atoms with van der Waals surface area (Å²) < 4.78 is 16.1. The molecule has 0 spiro atoms. The van der Waals surface area contributed by atoms with Crippen molar-refractivity contribution in [2.45, 2.75) is 31.9 Å². The molecule has 0 heterocycles. The molecule has 1 aromatic rings. The van der Waals surface area contributed by atoms with Gasteiger partial charge in [0, 0.05) is 6.04 Å². The monoisotopic (exact) mass is 371 g/mol. The van der Waals surface area contributed by atoms with Crippen LogP contribution >= 0.6 is 15.9 Å². The number of halogens is 1. The molecule has 1 aliphatic carbocycles. The molecule has 22 heavy (non-hydrogen) atoms. The lowest BCUT2D eigenvalue weighted by atomic mass is 10.2. The van der Waals surface area contributed by atoms with Crippen LogP contribution in [0.1, 0.15) is 30.1 Å². The van der Waals surface area contributed by atoms with Crippen LogP contribution in [0.15, 0.2) is 16.6 Å². The van der Waals surface area contributed by atoms with Crippen molar-refractivity contribution in [3.05, 3.63) is 22.2 Å². The van der Waals surface area contributed by atoms with Crippen LogP contribution in [0.5, 0.6) is 11.5 Å². The van der Waals surface area contributed by atoms with Crippen molar-refractivity contribution in [1.82, 2.24) is 5.32 Å². The van der Waals surface area contributed by atoms with E-state index < -0.39 is 12.1 Å². The van der Waals surface area contributed by atoms with Crippen LogP contribution in [-0.4, -0.2) is 38.2 Å². The zero-order valence-corrected chi connectivity index (χ0v) is 14.2. The van der Waals surface area contributed by atoms with Gasteiger partial charge in [-0.1, -0.05) is 0 Å². The summed E-state index contributed by atoms with van der Waals surface area (Å²) in [5, 5.41) is 2.79. The standard InChI is InChI=1S/C15H18BrNO5/c1-8(14(18)17-10-4-5-10)22-15(19)9-6-11(20-2)13(16)12(7-9)21-3/h6-8,10H,4-5H2,1-3H3,(H,17,18). The number of carbonyl (C=O) groups is 2. The quantitative estimate of drug-likeness (QED) is 0.776. The number of carbonyl (C=O) groups excluding carboxylic acids is 2. The minimum Gasteiger partial charge on any atom is -0.495 e. The Kier molecular flexibility index (Phi) is 5.28. The number of methoxy groups -OCH3 is 2. The van der Waals surface area contributed by atoms with E-state index in [9.17, 15) is 9.59 Å². The predicted molar refractivity (Wildman–Crippen MR) is 83.3 cm³/mol. The van der Waals surface area contributed by atoms with Crippen molar-refractivity contribution in [1.29, 1.82) is 0 Å². The highest BCUT2D eigenvalue weighted by atomic mass is 79.9. The third-order valence-corrected chi connectivity index (χ3v) is 4.04. The van der Waals surface area contributed by atoms with Gasteiger partial charge in [0.25, 0.3) is 5.91 Å². The van der Waals surface area contributed by atoms with E-state index in [1.165, 1.54) is 26.4 Å². The zero-order chi connectivity index (χ0) is 16.3. The first kappa shape index (κ1) is 16.6. The van der Waals surface area contributed by atoms with Crippen molar-refractivity contribution in [3.63, 3.8) is 0 Å². The number of ether oxygens (including phenoxy) is 3. The van der Waals surface area contributed by atoms with Crippen molar-refractivity contribution < 1.29 is 23.8 Å². The highest BCUT2D eigenvalue weighted by Crippen LogP contribution is 2.35. The molecule has 1 amide bonds. The topological polar surface area (TPSA) is 73.9 Å². The van der Waals surface area contributed by atoms with E-state index in [0.717, 1.165) is 12.8 Å². The molecular formula is C15H18BrNO5. The molecule has 0 aromatic heterocycles. The highest BCUT2D eigenvalue weighted by Gasteiger charge is 2.27. The Bertz CT molecular complexity index is 560. The van der Waals surface area contributed by atoms with E-state index in [1.807, 2.05) is 0 Å². The highest BCUT2D eigenvalue weighted by molar-refractivity contribution is 9.10. The van der Waals surface area contributed by atoms with Gasteiger partial charge in [0.1, 0.15) is 16.0 Å². The van der Waals surface area contributed by atoms with Crippen LogP contribution in [0.2, 0.25) is 0 Å².